The van der Waals surface area contributed by atoms with Gasteiger partial charge in [-0.1, -0.05) is 6.92 Å². The van der Waals surface area contributed by atoms with Gasteiger partial charge >= 0.3 is 0 Å². The Balaban J connectivity index is 0.00000144. The molecule has 1 amide bonds. The number of halogens is 2. The van der Waals surface area contributed by atoms with E-state index in [9.17, 15) is 4.79 Å². The second kappa shape index (κ2) is 9.61. The van der Waals surface area contributed by atoms with Crippen molar-refractivity contribution in [1.82, 2.24) is 25.3 Å². The predicted octanol–water partition coefficient (Wildman–Crippen LogP) is 1.17. The van der Waals surface area contributed by atoms with E-state index in [4.69, 9.17) is 0 Å². The van der Waals surface area contributed by atoms with Crippen molar-refractivity contribution in [3.63, 3.8) is 0 Å². The molecule has 2 saturated heterocycles. The van der Waals surface area contributed by atoms with Gasteiger partial charge in [0.05, 0.1) is 12.1 Å². The van der Waals surface area contributed by atoms with E-state index >= 15 is 0 Å². The molecule has 0 bridgehead atoms. The molecule has 0 aromatic carbocycles. The van der Waals surface area contributed by atoms with E-state index in [-0.39, 0.29) is 42.6 Å². The van der Waals surface area contributed by atoms with Gasteiger partial charge in [0.1, 0.15) is 0 Å². The summed E-state index contributed by atoms with van der Waals surface area (Å²) >= 11 is 0. The van der Waals surface area contributed by atoms with Crippen molar-refractivity contribution in [3.8, 4) is 0 Å². The second-order valence-corrected chi connectivity index (χ2v) is 6.54. The lowest BCUT2D eigenvalue weighted by Crippen LogP contribution is -2.47. The van der Waals surface area contributed by atoms with E-state index in [2.05, 4.69) is 27.6 Å². The van der Waals surface area contributed by atoms with E-state index in [1.807, 2.05) is 24.1 Å². The van der Waals surface area contributed by atoms with Crippen LogP contribution in [0.2, 0.25) is 0 Å². The molecule has 2 fully saturated rings. The van der Waals surface area contributed by atoms with Crippen molar-refractivity contribution in [2.24, 2.45) is 13.0 Å². The first-order valence-electron chi connectivity index (χ1n) is 8.39. The summed E-state index contributed by atoms with van der Waals surface area (Å²) in [5.41, 5.74) is 1.16. The fourth-order valence-corrected chi connectivity index (χ4v) is 3.64. The number of carbonyl (C=O) groups is 1. The van der Waals surface area contributed by atoms with E-state index in [0.717, 1.165) is 51.1 Å². The molecule has 2 atom stereocenters. The molecule has 0 aliphatic carbocycles. The van der Waals surface area contributed by atoms with Gasteiger partial charge in [0.2, 0.25) is 5.91 Å². The summed E-state index contributed by atoms with van der Waals surface area (Å²) in [7, 11) is 1.92. The molecule has 0 spiro atoms. The van der Waals surface area contributed by atoms with Crippen LogP contribution in [0.3, 0.4) is 0 Å². The van der Waals surface area contributed by atoms with E-state index in [1.165, 1.54) is 0 Å². The highest BCUT2D eigenvalue weighted by atomic mass is 35.5. The Morgan fingerprint density at radius 2 is 2.04 bits per heavy atom. The number of aryl methyl sites for hydroxylation is 1. The van der Waals surface area contributed by atoms with Crippen molar-refractivity contribution >= 4 is 30.7 Å². The Kier molecular flexibility index (Phi) is 8.50. The van der Waals surface area contributed by atoms with Crippen LogP contribution in [0.15, 0.2) is 12.4 Å². The molecule has 8 heteroatoms. The number of hydrogen-bond donors (Lipinski definition) is 2. The summed E-state index contributed by atoms with van der Waals surface area (Å²) in [6.45, 7) is 7.11. The van der Waals surface area contributed by atoms with Crippen LogP contribution in [0.1, 0.15) is 31.2 Å². The van der Waals surface area contributed by atoms with E-state index < -0.39 is 0 Å². The first-order valence-corrected chi connectivity index (χ1v) is 8.39. The van der Waals surface area contributed by atoms with Crippen molar-refractivity contribution in [1.29, 1.82) is 0 Å². The van der Waals surface area contributed by atoms with Crippen LogP contribution in [-0.4, -0.2) is 59.4 Å². The standard InChI is InChI=1S/C16H27N5O.2ClH/c1-3-21-6-4-13(5-7-21)19-16(22)15-10-17-9-14(15)12-8-18-20(2)11-12;;/h8,11,13-15,17H,3-7,9-10H2,1-2H3,(H,19,22);2*1H/t14-,15+;;/m1../s1. The van der Waals surface area contributed by atoms with Crippen LogP contribution >= 0.6 is 24.8 Å². The Bertz CT molecular complexity index is 516. The summed E-state index contributed by atoms with van der Waals surface area (Å²) in [5, 5.41) is 10.9. The van der Waals surface area contributed by atoms with Gasteiger partial charge in [-0.15, -0.1) is 24.8 Å². The van der Waals surface area contributed by atoms with Gasteiger partial charge in [-0.25, -0.2) is 0 Å². The monoisotopic (exact) mass is 377 g/mol. The minimum absolute atomic E-state index is 0. The lowest BCUT2D eigenvalue weighted by Gasteiger charge is -2.32. The molecule has 2 aliphatic rings. The van der Waals surface area contributed by atoms with Crippen LogP contribution in [0.25, 0.3) is 0 Å². The zero-order valence-electron chi connectivity index (χ0n) is 14.4. The predicted molar refractivity (Wildman–Crippen MR) is 100 cm³/mol. The molecule has 24 heavy (non-hydrogen) atoms. The van der Waals surface area contributed by atoms with Gasteiger partial charge in [0.25, 0.3) is 0 Å². The van der Waals surface area contributed by atoms with Crippen molar-refractivity contribution in [2.45, 2.75) is 31.7 Å². The zero-order valence-corrected chi connectivity index (χ0v) is 16.0. The molecule has 0 unspecified atom stereocenters. The number of nitrogens with zero attached hydrogens (tertiary/aromatic N) is 3. The number of nitrogens with one attached hydrogen (secondary N) is 2. The Labute approximate surface area is 156 Å². The first-order chi connectivity index (χ1) is 10.7. The molecule has 3 rings (SSSR count). The Hall–Kier alpha value is -0.820. The molecular weight excluding hydrogens is 349 g/mol. The third kappa shape index (κ3) is 4.85. The number of aromatic nitrogens is 2. The maximum Gasteiger partial charge on any atom is 0.225 e. The summed E-state index contributed by atoms with van der Waals surface area (Å²) < 4.78 is 1.81. The van der Waals surface area contributed by atoms with Gasteiger partial charge in [0.15, 0.2) is 0 Å². The molecule has 6 nitrogen and oxygen atoms in total. The topological polar surface area (TPSA) is 62.2 Å². The Morgan fingerprint density at radius 3 is 2.62 bits per heavy atom. The average molecular weight is 378 g/mol. The van der Waals surface area contributed by atoms with Gasteiger partial charge in [-0.3, -0.25) is 9.48 Å². The number of piperidine rings is 1. The highest BCUT2D eigenvalue weighted by Crippen LogP contribution is 2.28. The minimum Gasteiger partial charge on any atom is -0.353 e. The largest absolute Gasteiger partial charge is 0.353 e. The number of likely N-dealkylation sites (tertiary alicyclic amines) is 1. The van der Waals surface area contributed by atoms with Gasteiger partial charge in [-0.2, -0.15) is 5.10 Å². The highest BCUT2D eigenvalue weighted by Gasteiger charge is 2.35. The summed E-state index contributed by atoms with van der Waals surface area (Å²) in [4.78, 5) is 15.1. The smallest absolute Gasteiger partial charge is 0.225 e. The molecule has 2 aliphatic heterocycles. The van der Waals surface area contributed by atoms with Gasteiger partial charge < -0.3 is 15.5 Å². The molecule has 0 radical (unpaired) electrons. The minimum atomic E-state index is 0. The number of rotatable bonds is 4. The average Bonchev–Trinajstić information content (AvgIpc) is 3.16. The number of amides is 1. The summed E-state index contributed by atoms with van der Waals surface area (Å²) in [5.74, 6) is 0.464. The van der Waals surface area contributed by atoms with Crippen LogP contribution in [-0.2, 0) is 11.8 Å². The third-order valence-corrected chi connectivity index (χ3v) is 5.09. The van der Waals surface area contributed by atoms with Crippen molar-refractivity contribution in [2.75, 3.05) is 32.7 Å². The van der Waals surface area contributed by atoms with Crippen LogP contribution in [0.4, 0.5) is 0 Å². The molecule has 0 saturated carbocycles. The fourth-order valence-electron chi connectivity index (χ4n) is 3.64. The molecule has 3 heterocycles. The zero-order chi connectivity index (χ0) is 15.5. The van der Waals surface area contributed by atoms with Gasteiger partial charge in [-0.05, 0) is 24.9 Å². The fraction of sp³-hybridized carbons (Fsp3) is 0.750. The van der Waals surface area contributed by atoms with Crippen LogP contribution in [0.5, 0.6) is 0 Å². The SMILES string of the molecule is CCN1CCC(NC(=O)[C@H]2CNC[C@@H]2c2cnn(C)c2)CC1.Cl.Cl. The normalized spacial score (nSPS) is 24.9. The molecule has 1 aromatic heterocycles. The quantitative estimate of drug-likeness (QED) is 0.826. The second-order valence-electron chi connectivity index (χ2n) is 6.54. The lowest BCUT2D eigenvalue weighted by atomic mass is 9.89. The lowest BCUT2D eigenvalue weighted by molar-refractivity contribution is -0.125. The molecule has 2 N–H and O–H groups in total. The molecule has 1 aromatic rings. The van der Waals surface area contributed by atoms with E-state index in [0.29, 0.717) is 6.04 Å². The van der Waals surface area contributed by atoms with Crippen LogP contribution in [0, 0.1) is 5.92 Å². The highest BCUT2D eigenvalue weighted by molar-refractivity contribution is 5.85. The van der Waals surface area contributed by atoms with Crippen molar-refractivity contribution in [3.05, 3.63) is 18.0 Å². The number of hydrogen-bond acceptors (Lipinski definition) is 4. The van der Waals surface area contributed by atoms with Crippen LogP contribution < -0.4 is 10.6 Å². The summed E-state index contributed by atoms with van der Waals surface area (Å²) in [6.07, 6.45) is 6.05. The Morgan fingerprint density at radius 1 is 1.33 bits per heavy atom. The van der Waals surface area contributed by atoms with Gasteiger partial charge in [0, 0.05) is 51.4 Å². The maximum absolute atomic E-state index is 12.7. The summed E-state index contributed by atoms with van der Waals surface area (Å²) in [6, 6.07) is 0.338. The van der Waals surface area contributed by atoms with Crippen molar-refractivity contribution < 1.29 is 4.79 Å². The van der Waals surface area contributed by atoms with E-state index in [1.54, 1.807) is 0 Å². The molecule has 138 valence electrons. The maximum atomic E-state index is 12.7. The first kappa shape index (κ1) is 21.2. The number of carbonyl (C=O) groups excluding carboxylic acids is 1. The third-order valence-electron chi connectivity index (χ3n) is 5.09. The molecular formula is C16H29Cl2N5O.